The standard InChI is InChI=1S/C10H17N3/c1-4-9(2)7-11-8-10-5-6-12-13(10)3/h5-6,11H,2,4,7-8H2,1,3H3. The maximum absolute atomic E-state index is 4.09. The molecule has 0 aliphatic carbocycles. The molecule has 0 saturated heterocycles. The summed E-state index contributed by atoms with van der Waals surface area (Å²) < 4.78 is 1.88. The topological polar surface area (TPSA) is 29.9 Å². The Kier molecular flexibility index (Phi) is 3.71. The summed E-state index contributed by atoms with van der Waals surface area (Å²) in [6, 6.07) is 2.02. The first-order chi connectivity index (χ1) is 6.24. The van der Waals surface area contributed by atoms with E-state index in [1.165, 1.54) is 11.3 Å². The Balaban J connectivity index is 2.28. The van der Waals surface area contributed by atoms with Gasteiger partial charge < -0.3 is 5.32 Å². The molecular weight excluding hydrogens is 162 g/mol. The Morgan fingerprint density at radius 2 is 2.46 bits per heavy atom. The van der Waals surface area contributed by atoms with Gasteiger partial charge in [0.1, 0.15) is 0 Å². The average molecular weight is 179 g/mol. The van der Waals surface area contributed by atoms with E-state index in [2.05, 4.69) is 23.9 Å². The lowest BCUT2D eigenvalue weighted by atomic mass is 10.2. The van der Waals surface area contributed by atoms with Gasteiger partial charge in [0.15, 0.2) is 0 Å². The van der Waals surface area contributed by atoms with E-state index in [0.717, 1.165) is 19.5 Å². The molecule has 0 unspecified atom stereocenters. The van der Waals surface area contributed by atoms with Gasteiger partial charge in [-0.1, -0.05) is 19.1 Å². The summed E-state index contributed by atoms with van der Waals surface area (Å²) >= 11 is 0. The molecule has 1 rings (SSSR count). The minimum Gasteiger partial charge on any atom is -0.307 e. The van der Waals surface area contributed by atoms with E-state index in [1.54, 1.807) is 0 Å². The lowest BCUT2D eigenvalue weighted by Gasteiger charge is -2.05. The van der Waals surface area contributed by atoms with E-state index >= 15 is 0 Å². The van der Waals surface area contributed by atoms with Crippen LogP contribution in [0.1, 0.15) is 19.0 Å². The van der Waals surface area contributed by atoms with Crippen molar-refractivity contribution in [1.82, 2.24) is 15.1 Å². The second-order valence-electron chi connectivity index (χ2n) is 3.15. The Morgan fingerprint density at radius 1 is 1.69 bits per heavy atom. The maximum atomic E-state index is 4.09. The summed E-state index contributed by atoms with van der Waals surface area (Å²) in [5.41, 5.74) is 2.44. The summed E-state index contributed by atoms with van der Waals surface area (Å²) in [4.78, 5) is 0. The van der Waals surface area contributed by atoms with Crippen molar-refractivity contribution in [2.75, 3.05) is 6.54 Å². The van der Waals surface area contributed by atoms with Crippen LogP contribution in [0.4, 0.5) is 0 Å². The number of aryl methyl sites for hydroxylation is 1. The largest absolute Gasteiger partial charge is 0.307 e. The summed E-state index contributed by atoms with van der Waals surface area (Å²) in [7, 11) is 1.95. The Hall–Kier alpha value is -1.09. The van der Waals surface area contributed by atoms with E-state index in [4.69, 9.17) is 0 Å². The normalized spacial score (nSPS) is 10.3. The van der Waals surface area contributed by atoms with Crippen LogP contribution < -0.4 is 5.32 Å². The number of hydrogen-bond donors (Lipinski definition) is 1. The molecule has 0 aromatic carbocycles. The third kappa shape index (κ3) is 3.03. The van der Waals surface area contributed by atoms with E-state index in [9.17, 15) is 0 Å². The molecule has 0 fully saturated rings. The van der Waals surface area contributed by atoms with E-state index in [-0.39, 0.29) is 0 Å². The Bertz CT molecular complexity index is 275. The molecule has 72 valence electrons. The molecule has 0 aliphatic heterocycles. The molecule has 3 heteroatoms. The third-order valence-electron chi connectivity index (χ3n) is 2.10. The van der Waals surface area contributed by atoms with Crippen molar-refractivity contribution in [3.8, 4) is 0 Å². The van der Waals surface area contributed by atoms with Gasteiger partial charge in [-0.05, 0) is 12.5 Å². The van der Waals surface area contributed by atoms with Gasteiger partial charge in [0.2, 0.25) is 0 Å². The molecule has 1 N–H and O–H groups in total. The molecule has 3 nitrogen and oxygen atoms in total. The number of nitrogens with one attached hydrogen (secondary N) is 1. The summed E-state index contributed by atoms with van der Waals surface area (Å²) in [5.74, 6) is 0. The highest BCUT2D eigenvalue weighted by Crippen LogP contribution is 1.97. The second-order valence-corrected chi connectivity index (χ2v) is 3.15. The molecule has 0 amide bonds. The molecule has 13 heavy (non-hydrogen) atoms. The second kappa shape index (κ2) is 4.82. The van der Waals surface area contributed by atoms with Crippen LogP contribution in [0.15, 0.2) is 24.4 Å². The highest BCUT2D eigenvalue weighted by molar-refractivity contribution is 5.01. The van der Waals surface area contributed by atoms with Crippen molar-refractivity contribution < 1.29 is 0 Å². The predicted molar refractivity (Wildman–Crippen MR) is 54.3 cm³/mol. The van der Waals surface area contributed by atoms with Gasteiger partial charge >= 0.3 is 0 Å². The van der Waals surface area contributed by atoms with Gasteiger partial charge in [-0.3, -0.25) is 4.68 Å². The van der Waals surface area contributed by atoms with Crippen LogP contribution in [0.2, 0.25) is 0 Å². The smallest absolute Gasteiger partial charge is 0.0518 e. The molecule has 1 aromatic heterocycles. The van der Waals surface area contributed by atoms with Crippen LogP contribution in [0.25, 0.3) is 0 Å². The zero-order valence-corrected chi connectivity index (χ0v) is 8.38. The predicted octanol–water partition coefficient (Wildman–Crippen LogP) is 1.48. The van der Waals surface area contributed by atoms with Gasteiger partial charge in [-0.2, -0.15) is 5.10 Å². The zero-order valence-electron chi connectivity index (χ0n) is 8.38. The lowest BCUT2D eigenvalue weighted by molar-refractivity contribution is 0.644. The van der Waals surface area contributed by atoms with Crippen LogP contribution in [0.5, 0.6) is 0 Å². The number of aromatic nitrogens is 2. The van der Waals surface area contributed by atoms with Gasteiger partial charge in [0.25, 0.3) is 0 Å². The van der Waals surface area contributed by atoms with Crippen LogP contribution in [-0.4, -0.2) is 16.3 Å². The molecule has 0 spiro atoms. The zero-order chi connectivity index (χ0) is 9.68. The van der Waals surface area contributed by atoms with Crippen molar-refractivity contribution in [1.29, 1.82) is 0 Å². The Morgan fingerprint density at radius 3 is 3.00 bits per heavy atom. The van der Waals surface area contributed by atoms with Crippen molar-refractivity contribution >= 4 is 0 Å². The average Bonchev–Trinajstić information content (AvgIpc) is 2.52. The summed E-state index contributed by atoms with van der Waals surface area (Å²) in [6.07, 6.45) is 2.85. The number of nitrogens with zero attached hydrogens (tertiary/aromatic N) is 2. The molecule has 0 saturated carbocycles. The quantitative estimate of drug-likeness (QED) is 0.694. The van der Waals surface area contributed by atoms with E-state index in [1.807, 2.05) is 24.0 Å². The maximum Gasteiger partial charge on any atom is 0.0518 e. The SMILES string of the molecule is C=C(CC)CNCc1ccnn1C. The third-order valence-corrected chi connectivity index (χ3v) is 2.10. The molecule has 1 aromatic rings. The summed E-state index contributed by atoms with van der Waals surface area (Å²) in [5, 5.41) is 7.41. The van der Waals surface area contributed by atoms with Crippen molar-refractivity contribution in [2.24, 2.45) is 7.05 Å². The van der Waals surface area contributed by atoms with Gasteiger partial charge in [-0.15, -0.1) is 0 Å². The fourth-order valence-corrected chi connectivity index (χ4v) is 1.07. The molecule has 0 aliphatic rings. The monoisotopic (exact) mass is 179 g/mol. The van der Waals surface area contributed by atoms with Crippen LogP contribution in [0, 0.1) is 0 Å². The van der Waals surface area contributed by atoms with Crippen molar-refractivity contribution in [3.05, 3.63) is 30.1 Å². The fraction of sp³-hybridized carbons (Fsp3) is 0.500. The number of rotatable bonds is 5. The highest BCUT2D eigenvalue weighted by Gasteiger charge is 1.97. The van der Waals surface area contributed by atoms with E-state index in [0.29, 0.717) is 0 Å². The molecular formula is C10H17N3. The molecule has 0 bridgehead atoms. The summed E-state index contributed by atoms with van der Waals surface area (Å²) in [6.45, 7) is 7.80. The first kappa shape index (κ1) is 9.99. The van der Waals surface area contributed by atoms with Crippen LogP contribution >= 0.6 is 0 Å². The van der Waals surface area contributed by atoms with Gasteiger partial charge in [0, 0.05) is 26.3 Å². The number of hydrogen-bond acceptors (Lipinski definition) is 2. The van der Waals surface area contributed by atoms with E-state index < -0.39 is 0 Å². The fourth-order valence-electron chi connectivity index (χ4n) is 1.07. The van der Waals surface area contributed by atoms with Crippen molar-refractivity contribution in [2.45, 2.75) is 19.9 Å². The lowest BCUT2D eigenvalue weighted by Crippen LogP contribution is -2.17. The van der Waals surface area contributed by atoms with Crippen LogP contribution in [0.3, 0.4) is 0 Å². The minimum atomic E-state index is 0.857. The first-order valence-electron chi connectivity index (χ1n) is 4.58. The Labute approximate surface area is 79.5 Å². The van der Waals surface area contributed by atoms with Gasteiger partial charge in [-0.25, -0.2) is 0 Å². The highest BCUT2D eigenvalue weighted by atomic mass is 15.3. The minimum absolute atomic E-state index is 0.857. The molecule has 0 atom stereocenters. The molecule has 0 radical (unpaired) electrons. The molecule has 1 heterocycles. The van der Waals surface area contributed by atoms with Crippen LogP contribution in [-0.2, 0) is 13.6 Å². The van der Waals surface area contributed by atoms with Gasteiger partial charge in [0.05, 0.1) is 5.69 Å². The van der Waals surface area contributed by atoms with Crippen molar-refractivity contribution in [3.63, 3.8) is 0 Å². The first-order valence-corrected chi connectivity index (χ1v) is 4.58.